The van der Waals surface area contributed by atoms with Gasteiger partial charge in [0.05, 0.1) is 23.0 Å². The number of anilines is 1. The van der Waals surface area contributed by atoms with Gasteiger partial charge in [-0.15, -0.1) is 0 Å². The molecule has 0 bridgehead atoms. The van der Waals surface area contributed by atoms with E-state index in [2.05, 4.69) is 30.9 Å². The lowest BCUT2D eigenvalue weighted by molar-refractivity contribution is -0.131. The van der Waals surface area contributed by atoms with E-state index in [1.165, 1.54) is 22.9 Å². The van der Waals surface area contributed by atoms with Crippen LogP contribution in [0.5, 0.6) is 0 Å². The molecule has 0 N–H and O–H groups in total. The first-order chi connectivity index (χ1) is 12.2. The van der Waals surface area contributed by atoms with Gasteiger partial charge in [0.25, 0.3) is 0 Å². The summed E-state index contributed by atoms with van der Waals surface area (Å²) in [6, 6.07) is 4.21. The van der Waals surface area contributed by atoms with Gasteiger partial charge in [0.1, 0.15) is 0 Å². The van der Waals surface area contributed by atoms with Gasteiger partial charge in [-0.25, -0.2) is 13.4 Å². The third-order valence-corrected chi connectivity index (χ3v) is 7.27. The molecular weight excluding hydrogens is 372 g/mol. The zero-order valence-electron chi connectivity index (χ0n) is 15.5. The molecule has 1 aliphatic heterocycles. The summed E-state index contributed by atoms with van der Waals surface area (Å²) in [5.74, 6) is -0.159. The van der Waals surface area contributed by atoms with Gasteiger partial charge in [0.15, 0.2) is 5.13 Å². The first kappa shape index (κ1) is 19.1. The summed E-state index contributed by atoms with van der Waals surface area (Å²) in [6.07, 6.45) is 1.11. The summed E-state index contributed by atoms with van der Waals surface area (Å²) in [4.78, 5) is 21.0. The second-order valence-corrected chi connectivity index (χ2v) is 9.83. The zero-order chi connectivity index (χ0) is 19.1. The Bertz CT molecular complexity index is 892. The van der Waals surface area contributed by atoms with Gasteiger partial charge in [0, 0.05) is 33.2 Å². The molecule has 0 radical (unpaired) electrons. The number of thiazole rings is 1. The van der Waals surface area contributed by atoms with E-state index in [-0.39, 0.29) is 12.5 Å². The van der Waals surface area contributed by atoms with Crippen LogP contribution in [0.4, 0.5) is 5.13 Å². The number of aromatic nitrogens is 1. The second kappa shape index (κ2) is 7.13. The number of fused-ring (bicyclic) bond motifs is 1. The smallest absolute Gasteiger partial charge is 0.238 e. The van der Waals surface area contributed by atoms with E-state index in [1.807, 2.05) is 0 Å². The van der Waals surface area contributed by atoms with Crippen LogP contribution in [0.2, 0.25) is 0 Å². The minimum atomic E-state index is -3.35. The van der Waals surface area contributed by atoms with E-state index in [9.17, 15) is 13.2 Å². The molecule has 9 heteroatoms. The van der Waals surface area contributed by atoms with E-state index in [0.717, 1.165) is 21.2 Å². The molecule has 3 rings (SSSR count). The third-order valence-electron chi connectivity index (χ3n) is 4.76. The van der Waals surface area contributed by atoms with Crippen molar-refractivity contribution in [3.05, 3.63) is 23.3 Å². The van der Waals surface area contributed by atoms with Crippen LogP contribution in [0, 0.1) is 13.8 Å². The maximum atomic E-state index is 12.3. The Kier molecular flexibility index (Phi) is 5.23. The SMILES string of the molecule is Cc1ccc(C)c2sc(N3CCN(C(=O)CN(C)S(C)(=O)=O)CC3)nc12. The predicted molar refractivity (Wildman–Crippen MR) is 105 cm³/mol. The number of amides is 1. The maximum Gasteiger partial charge on any atom is 0.238 e. The number of sulfonamides is 1. The molecule has 0 saturated carbocycles. The summed E-state index contributed by atoms with van der Waals surface area (Å²) < 4.78 is 25.2. The van der Waals surface area contributed by atoms with Crippen LogP contribution >= 0.6 is 11.3 Å². The quantitative estimate of drug-likeness (QED) is 0.782. The van der Waals surface area contributed by atoms with Crippen molar-refractivity contribution in [1.82, 2.24) is 14.2 Å². The molecule has 1 fully saturated rings. The first-order valence-electron chi connectivity index (χ1n) is 8.47. The van der Waals surface area contributed by atoms with Crippen molar-refractivity contribution in [3.8, 4) is 0 Å². The number of carbonyl (C=O) groups is 1. The topological polar surface area (TPSA) is 73.8 Å². The molecule has 7 nitrogen and oxygen atoms in total. The van der Waals surface area contributed by atoms with Gasteiger partial charge < -0.3 is 9.80 Å². The van der Waals surface area contributed by atoms with Gasteiger partial charge in [-0.1, -0.05) is 23.5 Å². The summed E-state index contributed by atoms with van der Waals surface area (Å²) in [7, 11) is -1.92. The van der Waals surface area contributed by atoms with Crippen LogP contribution in [0.1, 0.15) is 11.1 Å². The van der Waals surface area contributed by atoms with Gasteiger partial charge in [0.2, 0.25) is 15.9 Å². The number of benzene rings is 1. The van der Waals surface area contributed by atoms with Crippen LogP contribution in [0.25, 0.3) is 10.2 Å². The molecule has 0 atom stereocenters. The van der Waals surface area contributed by atoms with Crippen LogP contribution in [0.3, 0.4) is 0 Å². The van der Waals surface area contributed by atoms with Crippen LogP contribution in [-0.2, 0) is 14.8 Å². The van der Waals surface area contributed by atoms with Gasteiger partial charge in [-0.2, -0.15) is 4.31 Å². The zero-order valence-corrected chi connectivity index (χ0v) is 17.2. The maximum absolute atomic E-state index is 12.3. The minimum Gasteiger partial charge on any atom is -0.345 e. The number of hydrogen-bond donors (Lipinski definition) is 0. The molecule has 1 aromatic heterocycles. The molecular formula is C17H24N4O3S2. The lowest BCUT2D eigenvalue weighted by atomic mass is 10.1. The number of rotatable bonds is 4. The fraction of sp³-hybridized carbons (Fsp3) is 0.529. The molecule has 26 heavy (non-hydrogen) atoms. The standard InChI is InChI=1S/C17H24N4O3S2/c1-12-5-6-13(2)16-15(12)18-17(25-16)21-9-7-20(8-10-21)14(22)11-19(3)26(4,23)24/h5-6H,7-11H2,1-4H3. The van der Waals surface area contributed by atoms with Gasteiger partial charge in [-0.05, 0) is 25.0 Å². The highest BCUT2D eigenvalue weighted by molar-refractivity contribution is 7.88. The predicted octanol–water partition coefficient (Wildman–Crippen LogP) is 1.45. The summed E-state index contributed by atoms with van der Waals surface area (Å²) >= 11 is 1.69. The Morgan fingerprint density at radius 1 is 1.19 bits per heavy atom. The van der Waals surface area contributed by atoms with Gasteiger partial charge >= 0.3 is 0 Å². The highest BCUT2D eigenvalue weighted by Crippen LogP contribution is 2.33. The molecule has 0 unspecified atom stereocenters. The monoisotopic (exact) mass is 396 g/mol. The van der Waals surface area contributed by atoms with Crippen molar-refractivity contribution < 1.29 is 13.2 Å². The van der Waals surface area contributed by atoms with Crippen molar-refractivity contribution in [2.75, 3.05) is 50.9 Å². The number of aryl methyl sites for hydroxylation is 2. The van der Waals surface area contributed by atoms with E-state index in [4.69, 9.17) is 4.98 Å². The Morgan fingerprint density at radius 2 is 1.81 bits per heavy atom. The number of hydrogen-bond acceptors (Lipinski definition) is 6. The number of piperazine rings is 1. The van der Waals surface area contributed by atoms with E-state index >= 15 is 0 Å². The molecule has 0 aliphatic carbocycles. The molecule has 1 saturated heterocycles. The highest BCUT2D eigenvalue weighted by Gasteiger charge is 2.25. The third kappa shape index (κ3) is 3.84. The molecule has 1 aliphatic rings. The molecule has 1 aromatic carbocycles. The minimum absolute atomic E-state index is 0.113. The number of likely N-dealkylation sites (N-methyl/N-ethyl adjacent to an activating group) is 1. The highest BCUT2D eigenvalue weighted by atomic mass is 32.2. The van der Waals surface area contributed by atoms with Crippen LogP contribution in [-0.4, -0.2) is 74.5 Å². The van der Waals surface area contributed by atoms with Crippen molar-refractivity contribution >= 4 is 42.6 Å². The molecule has 2 heterocycles. The number of nitrogens with zero attached hydrogens (tertiary/aromatic N) is 4. The summed E-state index contributed by atoms with van der Waals surface area (Å²) in [5.41, 5.74) is 3.45. The average Bonchev–Trinajstić information content (AvgIpc) is 3.04. The summed E-state index contributed by atoms with van der Waals surface area (Å²) in [5, 5.41) is 0.984. The van der Waals surface area contributed by atoms with Crippen molar-refractivity contribution in [3.63, 3.8) is 0 Å². The second-order valence-electron chi connectivity index (χ2n) is 6.76. The largest absolute Gasteiger partial charge is 0.345 e. The molecule has 2 aromatic rings. The Hall–Kier alpha value is -1.71. The number of carbonyl (C=O) groups excluding carboxylic acids is 1. The molecule has 0 spiro atoms. The van der Waals surface area contributed by atoms with Crippen molar-refractivity contribution in [1.29, 1.82) is 0 Å². The van der Waals surface area contributed by atoms with Crippen molar-refractivity contribution in [2.45, 2.75) is 13.8 Å². The lowest BCUT2D eigenvalue weighted by Crippen LogP contribution is -2.51. The molecule has 1 amide bonds. The Morgan fingerprint density at radius 3 is 2.38 bits per heavy atom. The van der Waals surface area contributed by atoms with Gasteiger partial charge in [-0.3, -0.25) is 4.79 Å². The Balaban J connectivity index is 1.66. The Labute approximate surface area is 158 Å². The lowest BCUT2D eigenvalue weighted by Gasteiger charge is -2.35. The first-order valence-corrected chi connectivity index (χ1v) is 11.1. The van der Waals surface area contributed by atoms with Crippen LogP contribution in [0.15, 0.2) is 12.1 Å². The molecule has 142 valence electrons. The average molecular weight is 397 g/mol. The van der Waals surface area contributed by atoms with E-state index < -0.39 is 10.0 Å². The van der Waals surface area contributed by atoms with E-state index in [0.29, 0.717) is 26.2 Å². The normalized spacial score (nSPS) is 15.9. The van der Waals surface area contributed by atoms with Crippen LogP contribution < -0.4 is 4.90 Å². The fourth-order valence-corrected chi connectivity index (χ4v) is 4.45. The van der Waals surface area contributed by atoms with E-state index in [1.54, 1.807) is 16.2 Å². The fourth-order valence-electron chi connectivity index (χ4n) is 2.94. The summed E-state index contributed by atoms with van der Waals surface area (Å²) in [6.45, 7) is 6.60. The van der Waals surface area contributed by atoms with Crippen molar-refractivity contribution in [2.24, 2.45) is 0 Å².